The first kappa shape index (κ1) is 18.5. The van der Waals surface area contributed by atoms with Crippen molar-refractivity contribution >= 4 is 27.3 Å². The van der Waals surface area contributed by atoms with Gasteiger partial charge in [-0.3, -0.25) is 9.10 Å². The van der Waals surface area contributed by atoms with Crippen molar-refractivity contribution in [3.8, 4) is 0 Å². The summed E-state index contributed by atoms with van der Waals surface area (Å²) in [7, 11) is -3.33. The first-order valence-corrected chi connectivity index (χ1v) is 10.6. The van der Waals surface area contributed by atoms with Crippen LogP contribution in [0.5, 0.6) is 0 Å². The SMILES string of the molecule is CC(C)c1ccc(NC(=O)c2ccc3c(c2)C[C@@H](C)N3S(C)(=O)=O)cc1. The molecule has 1 aliphatic heterocycles. The van der Waals surface area contributed by atoms with Gasteiger partial charge >= 0.3 is 0 Å². The second kappa shape index (κ2) is 6.76. The van der Waals surface area contributed by atoms with Gasteiger partial charge in [-0.15, -0.1) is 0 Å². The molecule has 138 valence electrons. The van der Waals surface area contributed by atoms with Gasteiger partial charge in [-0.1, -0.05) is 26.0 Å². The number of nitrogens with one attached hydrogen (secondary N) is 1. The van der Waals surface area contributed by atoms with Crippen molar-refractivity contribution < 1.29 is 13.2 Å². The molecule has 0 aromatic heterocycles. The maximum atomic E-state index is 12.5. The van der Waals surface area contributed by atoms with Crippen LogP contribution in [0.4, 0.5) is 11.4 Å². The summed E-state index contributed by atoms with van der Waals surface area (Å²) < 4.78 is 25.4. The largest absolute Gasteiger partial charge is 0.322 e. The predicted molar refractivity (Wildman–Crippen MR) is 105 cm³/mol. The van der Waals surface area contributed by atoms with Gasteiger partial charge in [-0.2, -0.15) is 0 Å². The van der Waals surface area contributed by atoms with Crippen molar-refractivity contribution in [2.75, 3.05) is 15.9 Å². The van der Waals surface area contributed by atoms with Gasteiger partial charge in [0.25, 0.3) is 5.91 Å². The van der Waals surface area contributed by atoms with E-state index in [-0.39, 0.29) is 11.9 Å². The van der Waals surface area contributed by atoms with Crippen LogP contribution in [0, 0.1) is 0 Å². The molecule has 26 heavy (non-hydrogen) atoms. The molecule has 0 aliphatic carbocycles. The molecule has 1 N–H and O–H groups in total. The van der Waals surface area contributed by atoms with Crippen molar-refractivity contribution in [3.05, 3.63) is 59.2 Å². The Bertz CT molecular complexity index is 934. The second-order valence-electron chi connectivity index (χ2n) is 7.19. The van der Waals surface area contributed by atoms with Gasteiger partial charge in [0.15, 0.2) is 0 Å². The summed E-state index contributed by atoms with van der Waals surface area (Å²) >= 11 is 0. The van der Waals surface area contributed by atoms with Gasteiger partial charge in [0, 0.05) is 17.3 Å². The van der Waals surface area contributed by atoms with E-state index in [2.05, 4.69) is 19.2 Å². The van der Waals surface area contributed by atoms with Crippen LogP contribution in [0.3, 0.4) is 0 Å². The van der Waals surface area contributed by atoms with Crippen molar-refractivity contribution in [1.29, 1.82) is 0 Å². The maximum Gasteiger partial charge on any atom is 0.255 e. The Hall–Kier alpha value is -2.34. The Morgan fingerprint density at radius 1 is 1.15 bits per heavy atom. The molecule has 0 unspecified atom stereocenters. The fourth-order valence-corrected chi connectivity index (χ4v) is 4.67. The van der Waals surface area contributed by atoms with Gasteiger partial charge < -0.3 is 5.32 Å². The highest BCUT2D eigenvalue weighted by atomic mass is 32.2. The summed E-state index contributed by atoms with van der Waals surface area (Å²) in [5, 5.41) is 2.90. The third kappa shape index (κ3) is 3.60. The number of rotatable bonds is 4. The number of carbonyl (C=O) groups is 1. The van der Waals surface area contributed by atoms with Crippen LogP contribution in [-0.4, -0.2) is 26.6 Å². The van der Waals surface area contributed by atoms with E-state index in [1.807, 2.05) is 31.2 Å². The Kier molecular flexibility index (Phi) is 4.80. The Balaban J connectivity index is 1.81. The number of carbonyl (C=O) groups excluding carboxylic acids is 1. The highest BCUT2D eigenvalue weighted by Crippen LogP contribution is 2.34. The average Bonchev–Trinajstić information content (AvgIpc) is 2.90. The molecule has 1 atom stereocenters. The third-order valence-electron chi connectivity index (χ3n) is 4.69. The molecule has 1 aliphatic rings. The number of amides is 1. The van der Waals surface area contributed by atoms with Crippen molar-refractivity contribution in [2.45, 2.75) is 39.2 Å². The summed E-state index contributed by atoms with van der Waals surface area (Å²) in [6.07, 6.45) is 1.81. The molecule has 1 amide bonds. The van der Waals surface area contributed by atoms with Crippen LogP contribution in [0.2, 0.25) is 0 Å². The highest BCUT2D eigenvalue weighted by molar-refractivity contribution is 7.92. The van der Waals surface area contributed by atoms with Crippen LogP contribution in [-0.2, 0) is 16.4 Å². The smallest absolute Gasteiger partial charge is 0.255 e. The van der Waals surface area contributed by atoms with Gasteiger partial charge in [0.2, 0.25) is 10.0 Å². The minimum atomic E-state index is -3.33. The number of nitrogens with zero attached hydrogens (tertiary/aromatic N) is 1. The summed E-state index contributed by atoms with van der Waals surface area (Å²) in [5.41, 5.74) is 4.03. The lowest BCUT2D eigenvalue weighted by molar-refractivity contribution is 0.102. The number of hydrogen-bond donors (Lipinski definition) is 1. The topological polar surface area (TPSA) is 66.5 Å². The first-order chi connectivity index (χ1) is 12.2. The maximum absolute atomic E-state index is 12.5. The molecule has 0 radical (unpaired) electrons. The van der Waals surface area contributed by atoms with E-state index in [1.54, 1.807) is 18.2 Å². The van der Waals surface area contributed by atoms with Gasteiger partial charge in [-0.05, 0) is 60.7 Å². The van der Waals surface area contributed by atoms with Crippen LogP contribution in [0.25, 0.3) is 0 Å². The zero-order valence-electron chi connectivity index (χ0n) is 15.5. The van der Waals surface area contributed by atoms with E-state index in [9.17, 15) is 13.2 Å². The third-order valence-corrected chi connectivity index (χ3v) is 5.96. The molecule has 0 saturated carbocycles. The van der Waals surface area contributed by atoms with E-state index in [4.69, 9.17) is 0 Å². The van der Waals surface area contributed by atoms with E-state index in [1.165, 1.54) is 16.1 Å². The fraction of sp³-hybridized carbons (Fsp3) is 0.350. The molecule has 2 aromatic rings. The summed E-state index contributed by atoms with van der Waals surface area (Å²) in [6.45, 7) is 6.12. The fourth-order valence-electron chi connectivity index (χ4n) is 3.40. The first-order valence-electron chi connectivity index (χ1n) is 8.70. The zero-order chi connectivity index (χ0) is 19.1. The number of anilines is 2. The molecule has 6 heteroatoms. The van der Waals surface area contributed by atoms with Crippen LogP contribution < -0.4 is 9.62 Å². The molecule has 0 fully saturated rings. The van der Waals surface area contributed by atoms with Crippen molar-refractivity contribution in [1.82, 2.24) is 0 Å². The molecular formula is C20H24N2O3S. The van der Waals surface area contributed by atoms with Gasteiger partial charge in [0.1, 0.15) is 0 Å². The van der Waals surface area contributed by atoms with Crippen molar-refractivity contribution in [3.63, 3.8) is 0 Å². The Morgan fingerprint density at radius 3 is 2.38 bits per heavy atom. The van der Waals surface area contributed by atoms with Crippen LogP contribution in [0.1, 0.15) is 48.2 Å². The molecular weight excluding hydrogens is 348 g/mol. The molecule has 5 nitrogen and oxygen atoms in total. The second-order valence-corrected chi connectivity index (χ2v) is 9.05. The van der Waals surface area contributed by atoms with Gasteiger partial charge in [-0.25, -0.2) is 8.42 Å². The predicted octanol–water partition coefficient (Wildman–Crippen LogP) is 3.77. The summed E-state index contributed by atoms with van der Waals surface area (Å²) in [4.78, 5) is 12.5. The Morgan fingerprint density at radius 2 is 1.81 bits per heavy atom. The molecule has 2 aromatic carbocycles. The number of fused-ring (bicyclic) bond motifs is 1. The number of benzene rings is 2. The highest BCUT2D eigenvalue weighted by Gasteiger charge is 2.32. The lowest BCUT2D eigenvalue weighted by Crippen LogP contribution is -2.34. The number of hydrogen-bond acceptors (Lipinski definition) is 3. The Labute approximate surface area is 155 Å². The standard InChI is InChI=1S/C20H24N2O3S/c1-13(2)15-5-8-18(9-6-15)21-20(23)16-7-10-19-17(12-16)11-14(3)22(19)26(4,24)25/h5-10,12-14H,11H2,1-4H3,(H,21,23)/t14-/m1/s1. The molecule has 0 saturated heterocycles. The summed E-state index contributed by atoms with van der Waals surface area (Å²) in [5.74, 6) is 0.242. The monoisotopic (exact) mass is 372 g/mol. The zero-order valence-corrected chi connectivity index (χ0v) is 16.3. The molecule has 0 bridgehead atoms. The van der Waals surface area contributed by atoms with E-state index >= 15 is 0 Å². The lowest BCUT2D eigenvalue weighted by atomic mass is 10.0. The minimum absolute atomic E-state index is 0.137. The van der Waals surface area contributed by atoms with Crippen molar-refractivity contribution in [2.24, 2.45) is 0 Å². The summed E-state index contributed by atoms with van der Waals surface area (Å²) in [6, 6.07) is 12.9. The van der Waals surface area contributed by atoms with Crippen LogP contribution in [0.15, 0.2) is 42.5 Å². The van der Waals surface area contributed by atoms with Crippen LogP contribution >= 0.6 is 0 Å². The number of sulfonamides is 1. The van der Waals surface area contributed by atoms with Gasteiger partial charge in [0.05, 0.1) is 11.9 Å². The van der Waals surface area contributed by atoms with E-state index in [0.29, 0.717) is 23.6 Å². The average molecular weight is 372 g/mol. The lowest BCUT2D eigenvalue weighted by Gasteiger charge is -2.21. The normalized spacial score (nSPS) is 16.7. The van der Waals surface area contributed by atoms with E-state index < -0.39 is 10.0 Å². The molecule has 3 rings (SSSR count). The minimum Gasteiger partial charge on any atom is -0.322 e. The molecule has 0 spiro atoms. The molecule has 1 heterocycles. The quantitative estimate of drug-likeness (QED) is 0.888. The van der Waals surface area contributed by atoms with E-state index in [0.717, 1.165) is 11.3 Å².